The fourth-order valence-electron chi connectivity index (χ4n) is 0.328. The largest absolute Gasteiger partial charge is 0.454 e. The second-order valence-electron chi connectivity index (χ2n) is 1.58. The molecule has 0 spiro atoms. The van der Waals surface area contributed by atoms with Crippen LogP contribution in [-0.2, 0) is 4.74 Å². The fourth-order valence-corrected chi connectivity index (χ4v) is 0.478. The Labute approximate surface area is 47.3 Å². The maximum absolute atomic E-state index is 9.94. The van der Waals surface area contributed by atoms with E-state index in [2.05, 4.69) is 17.4 Å². The lowest BCUT2D eigenvalue weighted by atomic mass is 10.8. The highest BCUT2D eigenvalue weighted by Crippen LogP contribution is 2.23. The molecule has 0 atom stereocenters. The maximum Gasteiger partial charge on any atom is 0.364 e. The number of ether oxygens (including phenoxy) is 1. The molecule has 1 saturated carbocycles. The zero-order valence-electron chi connectivity index (χ0n) is 3.76. The first kappa shape index (κ1) is 4.97. The van der Waals surface area contributed by atoms with Gasteiger partial charge in [-0.2, -0.15) is 0 Å². The summed E-state index contributed by atoms with van der Waals surface area (Å²) in [5, 5.41) is -0.456. The molecule has 2 nitrogen and oxygen atoms in total. The molecule has 1 rings (SSSR count). The van der Waals surface area contributed by atoms with E-state index in [-0.39, 0.29) is 6.10 Å². The molecule has 0 aromatic heterocycles. The van der Waals surface area contributed by atoms with Crippen LogP contribution in [0.3, 0.4) is 0 Å². The second-order valence-corrected chi connectivity index (χ2v) is 1.95. The molecule has 3 heteroatoms. The maximum atomic E-state index is 9.94. The van der Waals surface area contributed by atoms with Crippen molar-refractivity contribution in [3.8, 4) is 0 Å². The van der Waals surface area contributed by atoms with Gasteiger partial charge in [0.05, 0.1) is 0 Å². The summed E-state index contributed by atoms with van der Waals surface area (Å²) in [5.41, 5.74) is 0. The lowest BCUT2D eigenvalue weighted by Crippen LogP contribution is -1.93. The second kappa shape index (κ2) is 1.74. The third kappa shape index (κ3) is 1.83. The van der Waals surface area contributed by atoms with Crippen molar-refractivity contribution in [2.24, 2.45) is 0 Å². The zero-order valence-corrected chi connectivity index (χ0v) is 4.65. The highest BCUT2D eigenvalue weighted by atomic mass is 32.1. The van der Waals surface area contributed by atoms with Gasteiger partial charge in [0.1, 0.15) is 6.10 Å². The fraction of sp³-hybridized carbons (Fsp3) is 0.750. The molecule has 0 heterocycles. The van der Waals surface area contributed by atoms with Gasteiger partial charge in [0.25, 0.3) is 0 Å². The predicted octanol–water partition coefficient (Wildman–Crippen LogP) is 1.22. The first-order valence-corrected chi connectivity index (χ1v) is 2.63. The first-order valence-electron chi connectivity index (χ1n) is 2.18. The molecule has 7 heavy (non-hydrogen) atoms. The third-order valence-corrected chi connectivity index (χ3v) is 0.897. The Hall–Kier alpha value is -0.180. The lowest BCUT2D eigenvalue weighted by molar-refractivity contribution is 0.168. The number of hydrogen-bond donors (Lipinski definition) is 1. The first-order chi connectivity index (χ1) is 3.29. The van der Waals surface area contributed by atoms with E-state index in [0.717, 1.165) is 12.8 Å². The van der Waals surface area contributed by atoms with Crippen LogP contribution < -0.4 is 0 Å². The van der Waals surface area contributed by atoms with Crippen LogP contribution in [0.2, 0.25) is 0 Å². The Morgan fingerprint density at radius 2 is 2.29 bits per heavy atom. The molecule has 0 aromatic rings. The summed E-state index contributed by atoms with van der Waals surface area (Å²) in [5.74, 6) is 0. The van der Waals surface area contributed by atoms with Crippen LogP contribution in [0.4, 0.5) is 4.79 Å². The van der Waals surface area contributed by atoms with Gasteiger partial charge in [-0.05, 0) is 12.8 Å². The minimum absolute atomic E-state index is 0.199. The van der Waals surface area contributed by atoms with Crippen molar-refractivity contribution in [2.75, 3.05) is 0 Å². The Morgan fingerprint density at radius 1 is 1.71 bits per heavy atom. The van der Waals surface area contributed by atoms with Crippen LogP contribution >= 0.6 is 12.6 Å². The zero-order chi connectivity index (χ0) is 5.28. The van der Waals surface area contributed by atoms with Crippen molar-refractivity contribution in [1.82, 2.24) is 0 Å². The summed E-state index contributed by atoms with van der Waals surface area (Å²) in [6.45, 7) is 0. The molecule has 0 bridgehead atoms. The Kier molecular flexibility index (Phi) is 1.23. The van der Waals surface area contributed by atoms with Gasteiger partial charge in [0.2, 0.25) is 0 Å². The van der Waals surface area contributed by atoms with Crippen LogP contribution in [0.1, 0.15) is 12.8 Å². The average molecular weight is 118 g/mol. The van der Waals surface area contributed by atoms with E-state index in [1.807, 2.05) is 0 Å². The molecule has 0 unspecified atom stereocenters. The normalized spacial score (nSPS) is 19.0. The number of hydrogen-bond acceptors (Lipinski definition) is 2. The lowest BCUT2D eigenvalue weighted by Gasteiger charge is -1.91. The number of carbonyl (C=O) groups is 1. The van der Waals surface area contributed by atoms with E-state index in [1.165, 1.54) is 0 Å². The van der Waals surface area contributed by atoms with Gasteiger partial charge >= 0.3 is 5.30 Å². The summed E-state index contributed by atoms with van der Waals surface area (Å²) >= 11 is 3.42. The quantitative estimate of drug-likeness (QED) is 0.414. The topological polar surface area (TPSA) is 26.3 Å². The molecule has 1 aliphatic rings. The SMILES string of the molecule is O=C(S)OC1CC1. The molecule has 0 amide bonds. The Bertz CT molecular complexity index is 87.7. The molecule has 0 saturated heterocycles. The highest BCUT2D eigenvalue weighted by molar-refractivity contribution is 7.96. The Balaban J connectivity index is 2.08. The van der Waals surface area contributed by atoms with Crippen molar-refractivity contribution >= 4 is 17.9 Å². The summed E-state index contributed by atoms with van der Waals surface area (Å²) in [4.78, 5) is 9.94. The monoisotopic (exact) mass is 118 g/mol. The van der Waals surface area contributed by atoms with Gasteiger partial charge < -0.3 is 4.74 Å². The molecule has 0 N–H and O–H groups in total. The van der Waals surface area contributed by atoms with Gasteiger partial charge in [0.15, 0.2) is 0 Å². The van der Waals surface area contributed by atoms with Crippen LogP contribution in [0.5, 0.6) is 0 Å². The van der Waals surface area contributed by atoms with E-state index in [4.69, 9.17) is 0 Å². The number of thiol groups is 1. The predicted molar refractivity (Wildman–Crippen MR) is 28.5 cm³/mol. The molecular formula is C4H6O2S. The van der Waals surface area contributed by atoms with E-state index in [0.29, 0.717) is 0 Å². The van der Waals surface area contributed by atoms with Gasteiger partial charge in [-0.1, -0.05) is 12.6 Å². The summed E-state index contributed by atoms with van der Waals surface area (Å²) in [7, 11) is 0. The average Bonchev–Trinajstić information content (AvgIpc) is 2.17. The smallest absolute Gasteiger partial charge is 0.364 e. The summed E-state index contributed by atoms with van der Waals surface area (Å²) < 4.78 is 4.59. The van der Waals surface area contributed by atoms with Gasteiger partial charge in [-0.3, -0.25) is 0 Å². The minimum Gasteiger partial charge on any atom is -0.454 e. The molecule has 1 aliphatic carbocycles. The Morgan fingerprint density at radius 3 is 2.43 bits per heavy atom. The molecule has 40 valence electrons. The minimum atomic E-state index is -0.456. The molecule has 1 fully saturated rings. The van der Waals surface area contributed by atoms with Crippen LogP contribution in [0.15, 0.2) is 0 Å². The van der Waals surface area contributed by atoms with Crippen molar-refractivity contribution in [2.45, 2.75) is 18.9 Å². The van der Waals surface area contributed by atoms with Crippen molar-refractivity contribution in [3.63, 3.8) is 0 Å². The summed E-state index contributed by atoms with van der Waals surface area (Å²) in [6, 6.07) is 0. The van der Waals surface area contributed by atoms with Gasteiger partial charge in [-0.25, -0.2) is 4.79 Å². The third-order valence-electron chi connectivity index (χ3n) is 0.792. The van der Waals surface area contributed by atoms with E-state index >= 15 is 0 Å². The number of carbonyl (C=O) groups excluding carboxylic acids is 1. The van der Waals surface area contributed by atoms with Crippen molar-refractivity contribution in [3.05, 3.63) is 0 Å². The number of rotatable bonds is 1. The highest BCUT2D eigenvalue weighted by Gasteiger charge is 2.24. The molecule has 0 aliphatic heterocycles. The molecular weight excluding hydrogens is 112 g/mol. The van der Waals surface area contributed by atoms with E-state index in [1.54, 1.807) is 0 Å². The van der Waals surface area contributed by atoms with E-state index < -0.39 is 5.30 Å². The summed E-state index contributed by atoms with van der Waals surface area (Å²) in [6.07, 6.45) is 2.24. The van der Waals surface area contributed by atoms with Crippen LogP contribution in [-0.4, -0.2) is 11.4 Å². The van der Waals surface area contributed by atoms with Gasteiger partial charge in [0, 0.05) is 0 Å². The molecule has 0 radical (unpaired) electrons. The van der Waals surface area contributed by atoms with E-state index in [9.17, 15) is 4.79 Å². The van der Waals surface area contributed by atoms with Crippen molar-refractivity contribution in [1.29, 1.82) is 0 Å². The van der Waals surface area contributed by atoms with Crippen molar-refractivity contribution < 1.29 is 9.53 Å². The van der Waals surface area contributed by atoms with Crippen LogP contribution in [0, 0.1) is 0 Å². The van der Waals surface area contributed by atoms with Gasteiger partial charge in [-0.15, -0.1) is 0 Å². The molecule has 0 aromatic carbocycles. The standard InChI is InChI=1S/C4H6O2S/c5-4(7)6-3-1-2-3/h3H,1-2H2,(H,5,7). The van der Waals surface area contributed by atoms with Crippen LogP contribution in [0.25, 0.3) is 0 Å².